The lowest BCUT2D eigenvalue weighted by atomic mass is 9.96. The Bertz CT molecular complexity index is 628. The summed E-state index contributed by atoms with van der Waals surface area (Å²) in [7, 11) is 0. The zero-order valence-corrected chi connectivity index (χ0v) is 11.2. The van der Waals surface area contributed by atoms with Gasteiger partial charge in [0.2, 0.25) is 0 Å². The molecule has 4 rings (SSSR count). The fraction of sp³-hybridized carbons (Fsp3) is 0.294. The third-order valence-electron chi connectivity index (χ3n) is 4.17. The maximum Gasteiger partial charge on any atom is 0.123 e. The van der Waals surface area contributed by atoms with E-state index < -0.39 is 0 Å². The Morgan fingerprint density at radius 1 is 1.05 bits per heavy atom. The average molecular weight is 267 g/mol. The molecule has 3 nitrogen and oxygen atoms in total. The van der Waals surface area contributed by atoms with Crippen molar-refractivity contribution in [2.75, 3.05) is 6.61 Å². The number of ether oxygens (including phenoxy) is 2. The van der Waals surface area contributed by atoms with Crippen molar-refractivity contribution in [3.63, 3.8) is 0 Å². The molecule has 0 aromatic heterocycles. The van der Waals surface area contributed by atoms with Crippen LogP contribution in [0, 0.1) is 0 Å². The fourth-order valence-corrected chi connectivity index (χ4v) is 3.04. The Kier molecular flexibility index (Phi) is 2.67. The monoisotopic (exact) mass is 267 g/mol. The van der Waals surface area contributed by atoms with Crippen molar-refractivity contribution < 1.29 is 9.47 Å². The molecule has 3 heteroatoms. The molecule has 2 aliphatic rings. The first-order chi connectivity index (χ1) is 9.81. The highest BCUT2D eigenvalue weighted by Crippen LogP contribution is 2.35. The van der Waals surface area contributed by atoms with Crippen molar-refractivity contribution in [2.24, 2.45) is 5.73 Å². The van der Waals surface area contributed by atoms with Gasteiger partial charge in [0, 0.05) is 12.8 Å². The first kappa shape index (κ1) is 11.8. The molecule has 0 saturated heterocycles. The minimum absolute atomic E-state index is 0.0211. The largest absolute Gasteiger partial charge is 0.493 e. The summed E-state index contributed by atoms with van der Waals surface area (Å²) in [5.74, 6) is 1.97. The van der Waals surface area contributed by atoms with Crippen molar-refractivity contribution in [1.82, 2.24) is 0 Å². The van der Waals surface area contributed by atoms with Crippen LogP contribution in [0.1, 0.15) is 22.7 Å². The first-order valence-corrected chi connectivity index (χ1v) is 7.07. The van der Waals surface area contributed by atoms with E-state index in [9.17, 15) is 0 Å². The second-order valence-electron chi connectivity index (χ2n) is 5.46. The van der Waals surface area contributed by atoms with Gasteiger partial charge in [0.1, 0.15) is 17.6 Å². The number of hydrogen-bond donors (Lipinski definition) is 1. The predicted octanol–water partition coefficient (Wildman–Crippen LogP) is 2.63. The normalized spacial score (nSPS) is 20.8. The number of rotatable bonds is 2. The molecule has 0 aliphatic carbocycles. The molecule has 20 heavy (non-hydrogen) atoms. The van der Waals surface area contributed by atoms with Crippen LogP contribution in [0.15, 0.2) is 42.5 Å². The van der Waals surface area contributed by atoms with E-state index in [-0.39, 0.29) is 12.1 Å². The van der Waals surface area contributed by atoms with Crippen molar-refractivity contribution >= 4 is 0 Å². The quantitative estimate of drug-likeness (QED) is 0.909. The minimum atomic E-state index is -0.103. The van der Waals surface area contributed by atoms with Crippen LogP contribution in [0.5, 0.6) is 11.5 Å². The zero-order valence-electron chi connectivity index (χ0n) is 11.2. The van der Waals surface area contributed by atoms with Crippen LogP contribution >= 0.6 is 0 Å². The molecule has 2 N–H and O–H groups in total. The third kappa shape index (κ3) is 1.86. The second kappa shape index (κ2) is 4.53. The predicted molar refractivity (Wildman–Crippen MR) is 77.1 cm³/mol. The summed E-state index contributed by atoms with van der Waals surface area (Å²) in [5.41, 5.74) is 10.0. The lowest BCUT2D eigenvalue weighted by molar-refractivity contribution is 0.199. The van der Waals surface area contributed by atoms with Gasteiger partial charge in [-0.05, 0) is 28.8 Å². The number of nitrogens with two attached hydrogens (primary N) is 1. The maximum absolute atomic E-state index is 6.41. The number of fused-ring (bicyclic) bond motifs is 2. The molecule has 0 fully saturated rings. The summed E-state index contributed by atoms with van der Waals surface area (Å²) >= 11 is 0. The van der Waals surface area contributed by atoms with Gasteiger partial charge in [-0.15, -0.1) is 0 Å². The molecular formula is C17H17NO2. The van der Waals surface area contributed by atoms with Gasteiger partial charge in [-0.1, -0.05) is 30.3 Å². The molecule has 0 spiro atoms. The molecule has 2 atom stereocenters. The number of benzene rings is 2. The van der Waals surface area contributed by atoms with E-state index in [2.05, 4.69) is 18.2 Å². The molecular weight excluding hydrogens is 250 g/mol. The summed E-state index contributed by atoms with van der Waals surface area (Å²) in [5, 5.41) is 0. The number of hydrogen-bond acceptors (Lipinski definition) is 3. The van der Waals surface area contributed by atoms with Crippen LogP contribution in [0.2, 0.25) is 0 Å². The van der Waals surface area contributed by atoms with Crippen molar-refractivity contribution in [1.29, 1.82) is 0 Å². The Labute approximate surface area is 118 Å². The van der Waals surface area contributed by atoms with E-state index >= 15 is 0 Å². The van der Waals surface area contributed by atoms with Gasteiger partial charge in [0.05, 0.1) is 12.6 Å². The highest BCUT2D eigenvalue weighted by Gasteiger charge is 2.29. The van der Waals surface area contributed by atoms with Crippen LogP contribution in [0.25, 0.3) is 0 Å². The highest BCUT2D eigenvalue weighted by atomic mass is 16.5. The van der Waals surface area contributed by atoms with Crippen molar-refractivity contribution in [2.45, 2.75) is 25.0 Å². The molecule has 0 amide bonds. The lowest BCUT2D eigenvalue weighted by Crippen LogP contribution is -2.30. The zero-order chi connectivity index (χ0) is 13.5. The van der Waals surface area contributed by atoms with Gasteiger partial charge in [-0.2, -0.15) is 0 Å². The van der Waals surface area contributed by atoms with Crippen LogP contribution in [0.4, 0.5) is 0 Å². The van der Waals surface area contributed by atoms with Crippen LogP contribution in [0.3, 0.4) is 0 Å². The molecule has 2 aromatic rings. The highest BCUT2D eigenvalue weighted by molar-refractivity contribution is 5.42. The van der Waals surface area contributed by atoms with Gasteiger partial charge in [-0.25, -0.2) is 0 Å². The van der Waals surface area contributed by atoms with Crippen molar-refractivity contribution in [3.8, 4) is 11.5 Å². The molecule has 2 aliphatic heterocycles. The van der Waals surface area contributed by atoms with E-state index in [0.717, 1.165) is 36.5 Å². The van der Waals surface area contributed by atoms with Crippen LogP contribution in [-0.2, 0) is 12.8 Å². The molecule has 102 valence electrons. The Morgan fingerprint density at radius 3 is 2.85 bits per heavy atom. The van der Waals surface area contributed by atoms with Gasteiger partial charge in [-0.3, -0.25) is 0 Å². The van der Waals surface area contributed by atoms with Crippen molar-refractivity contribution in [3.05, 3.63) is 59.2 Å². The van der Waals surface area contributed by atoms with Crippen LogP contribution < -0.4 is 15.2 Å². The molecule has 0 radical (unpaired) electrons. The lowest BCUT2D eigenvalue weighted by Gasteiger charge is -2.20. The van der Waals surface area contributed by atoms with E-state index in [0.29, 0.717) is 0 Å². The van der Waals surface area contributed by atoms with Gasteiger partial charge in [0.15, 0.2) is 0 Å². The smallest absolute Gasteiger partial charge is 0.123 e. The van der Waals surface area contributed by atoms with E-state index in [1.807, 2.05) is 24.3 Å². The van der Waals surface area contributed by atoms with Gasteiger partial charge >= 0.3 is 0 Å². The Morgan fingerprint density at radius 2 is 1.95 bits per heavy atom. The molecule has 2 heterocycles. The first-order valence-electron chi connectivity index (χ1n) is 7.07. The minimum Gasteiger partial charge on any atom is -0.493 e. The number of para-hydroxylation sites is 1. The standard InChI is InChI=1S/C17H17NO2/c18-17(13-5-6-14-12(9-13)7-8-19-14)16-10-11-3-1-2-4-15(11)20-16/h1-6,9,16-17H,7-8,10,18H2. The summed E-state index contributed by atoms with van der Waals surface area (Å²) < 4.78 is 11.5. The molecule has 0 bridgehead atoms. The maximum atomic E-state index is 6.41. The Balaban J connectivity index is 1.58. The third-order valence-corrected chi connectivity index (χ3v) is 4.17. The molecule has 2 unspecified atom stereocenters. The van der Waals surface area contributed by atoms with E-state index in [1.54, 1.807) is 0 Å². The summed E-state index contributed by atoms with van der Waals surface area (Å²) in [6, 6.07) is 14.3. The SMILES string of the molecule is NC(c1ccc2c(c1)CCO2)C1Cc2ccccc2O1. The summed E-state index contributed by atoms with van der Waals surface area (Å²) in [4.78, 5) is 0. The van der Waals surface area contributed by atoms with Gasteiger partial charge in [0.25, 0.3) is 0 Å². The topological polar surface area (TPSA) is 44.5 Å². The van der Waals surface area contributed by atoms with Crippen LogP contribution in [-0.4, -0.2) is 12.7 Å². The Hall–Kier alpha value is -2.00. The second-order valence-corrected chi connectivity index (χ2v) is 5.46. The summed E-state index contributed by atoms with van der Waals surface area (Å²) in [6.45, 7) is 0.777. The van der Waals surface area contributed by atoms with E-state index in [4.69, 9.17) is 15.2 Å². The fourth-order valence-electron chi connectivity index (χ4n) is 3.04. The van der Waals surface area contributed by atoms with Gasteiger partial charge < -0.3 is 15.2 Å². The molecule has 2 aromatic carbocycles. The molecule has 0 saturated carbocycles. The summed E-state index contributed by atoms with van der Waals surface area (Å²) in [6.07, 6.45) is 1.87. The average Bonchev–Trinajstić information content (AvgIpc) is 3.11. The van der Waals surface area contributed by atoms with E-state index in [1.165, 1.54) is 11.1 Å².